The number of rotatable bonds is 7. The minimum Gasteiger partial charge on any atom is -0.354 e. The molecule has 0 spiro atoms. The van der Waals surface area contributed by atoms with Crippen LogP contribution in [0.1, 0.15) is 37.8 Å². The highest BCUT2D eigenvalue weighted by Crippen LogP contribution is 2.29. The van der Waals surface area contributed by atoms with Crippen LogP contribution in [0.25, 0.3) is 0 Å². The molecule has 134 valence electrons. The fraction of sp³-hybridized carbons (Fsp3) is 0.526. The molecule has 1 saturated heterocycles. The third kappa shape index (κ3) is 4.38. The van der Waals surface area contributed by atoms with Crippen LogP contribution in [0.4, 0.5) is 0 Å². The van der Waals surface area contributed by atoms with E-state index >= 15 is 0 Å². The van der Waals surface area contributed by atoms with E-state index in [1.165, 1.54) is 0 Å². The summed E-state index contributed by atoms with van der Waals surface area (Å²) < 4.78 is 0. The number of carbonyl (C=O) groups is 3. The third-order valence-electron chi connectivity index (χ3n) is 4.95. The van der Waals surface area contributed by atoms with Crippen molar-refractivity contribution in [3.63, 3.8) is 0 Å². The van der Waals surface area contributed by atoms with Gasteiger partial charge in [-0.2, -0.15) is 0 Å². The van der Waals surface area contributed by atoms with Crippen LogP contribution < -0.4 is 10.6 Å². The minimum atomic E-state index is -0.321. The summed E-state index contributed by atoms with van der Waals surface area (Å²) >= 11 is 0. The Labute approximate surface area is 148 Å². The number of amides is 3. The van der Waals surface area contributed by atoms with Crippen LogP contribution >= 0.6 is 0 Å². The molecule has 2 unspecified atom stereocenters. The Hall–Kier alpha value is -2.37. The Morgan fingerprint density at radius 1 is 1.08 bits per heavy atom. The first kappa shape index (κ1) is 17.5. The summed E-state index contributed by atoms with van der Waals surface area (Å²) in [5, 5.41) is 5.64. The molecular formula is C19H25N3O3. The SMILES string of the molecule is CC(c1ccccc1)N1CC(C(=O)NCCNC(=O)C2CC2)CC1=O. The van der Waals surface area contributed by atoms with E-state index < -0.39 is 0 Å². The second kappa shape index (κ2) is 7.68. The Balaban J connectivity index is 1.44. The average Bonchev–Trinajstić information content (AvgIpc) is 3.41. The molecule has 1 aromatic carbocycles. The van der Waals surface area contributed by atoms with E-state index in [2.05, 4.69) is 10.6 Å². The summed E-state index contributed by atoms with van der Waals surface area (Å²) in [4.78, 5) is 37.9. The molecule has 1 aliphatic carbocycles. The smallest absolute Gasteiger partial charge is 0.225 e. The normalized spacial score (nSPS) is 21.1. The molecule has 0 radical (unpaired) electrons. The molecule has 25 heavy (non-hydrogen) atoms. The van der Waals surface area contributed by atoms with Gasteiger partial charge in [0.1, 0.15) is 0 Å². The maximum atomic E-state index is 12.3. The Kier molecular flexibility index (Phi) is 5.36. The number of benzene rings is 1. The Bertz CT molecular complexity index is 643. The van der Waals surface area contributed by atoms with E-state index in [-0.39, 0.29) is 42.0 Å². The zero-order valence-electron chi connectivity index (χ0n) is 14.5. The van der Waals surface area contributed by atoms with Gasteiger partial charge in [0.25, 0.3) is 0 Å². The van der Waals surface area contributed by atoms with Crippen molar-refractivity contribution in [3.8, 4) is 0 Å². The molecule has 1 aromatic rings. The lowest BCUT2D eigenvalue weighted by Gasteiger charge is -2.25. The second-order valence-electron chi connectivity index (χ2n) is 6.89. The Morgan fingerprint density at radius 3 is 2.28 bits per heavy atom. The summed E-state index contributed by atoms with van der Waals surface area (Å²) in [6.45, 7) is 3.26. The number of carbonyl (C=O) groups excluding carboxylic acids is 3. The van der Waals surface area contributed by atoms with Crippen molar-refractivity contribution in [2.75, 3.05) is 19.6 Å². The molecule has 6 nitrogen and oxygen atoms in total. The monoisotopic (exact) mass is 343 g/mol. The maximum absolute atomic E-state index is 12.3. The Morgan fingerprint density at radius 2 is 1.68 bits per heavy atom. The number of hydrogen-bond donors (Lipinski definition) is 2. The standard InChI is InChI=1S/C19H25N3O3/c1-13(14-5-3-2-4-6-14)22-12-16(11-17(22)23)19(25)21-10-9-20-18(24)15-7-8-15/h2-6,13,15-16H,7-12H2,1H3,(H,20,24)(H,21,25). The van der Waals surface area contributed by atoms with E-state index in [1.807, 2.05) is 37.3 Å². The minimum absolute atomic E-state index is 0.0125. The fourth-order valence-electron chi connectivity index (χ4n) is 3.20. The summed E-state index contributed by atoms with van der Waals surface area (Å²) in [7, 11) is 0. The molecule has 2 fully saturated rings. The molecule has 1 aliphatic heterocycles. The largest absolute Gasteiger partial charge is 0.354 e. The lowest BCUT2D eigenvalue weighted by molar-refractivity contribution is -0.130. The quantitative estimate of drug-likeness (QED) is 0.731. The van der Waals surface area contributed by atoms with Gasteiger partial charge >= 0.3 is 0 Å². The maximum Gasteiger partial charge on any atom is 0.225 e. The fourth-order valence-corrected chi connectivity index (χ4v) is 3.20. The highest BCUT2D eigenvalue weighted by molar-refractivity contribution is 5.89. The number of nitrogens with one attached hydrogen (secondary N) is 2. The highest BCUT2D eigenvalue weighted by atomic mass is 16.2. The van der Waals surface area contributed by atoms with Crippen LogP contribution in [0.3, 0.4) is 0 Å². The predicted octanol–water partition coefficient (Wildman–Crippen LogP) is 1.24. The van der Waals surface area contributed by atoms with E-state index in [9.17, 15) is 14.4 Å². The van der Waals surface area contributed by atoms with Gasteiger partial charge in [-0.05, 0) is 25.3 Å². The molecule has 0 aromatic heterocycles. The van der Waals surface area contributed by atoms with Crippen molar-refractivity contribution in [2.24, 2.45) is 11.8 Å². The van der Waals surface area contributed by atoms with E-state index in [1.54, 1.807) is 4.90 Å². The van der Waals surface area contributed by atoms with Crippen LogP contribution in [-0.4, -0.2) is 42.3 Å². The predicted molar refractivity (Wildman–Crippen MR) is 93.4 cm³/mol. The molecule has 3 rings (SSSR count). The van der Waals surface area contributed by atoms with Gasteiger partial charge in [0.2, 0.25) is 17.7 Å². The molecule has 2 atom stereocenters. The molecule has 6 heteroatoms. The van der Waals surface area contributed by atoms with Crippen LogP contribution in [0.15, 0.2) is 30.3 Å². The topological polar surface area (TPSA) is 78.5 Å². The van der Waals surface area contributed by atoms with Gasteiger partial charge < -0.3 is 15.5 Å². The molecular weight excluding hydrogens is 318 g/mol. The molecule has 2 N–H and O–H groups in total. The van der Waals surface area contributed by atoms with Gasteiger partial charge in [0.15, 0.2) is 0 Å². The van der Waals surface area contributed by atoms with Gasteiger partial charge in [0, 0.05) is 32.0 Å². The molecule has 0 bridgehead atoms. The molecule has 2 aliphatic rings. The summed E-state index contributed by atoms with van der Waals surface area (Å²) in [5.41, 5.74) is 1.07. The lowest BCUT2D eigenvalue weighted by Crippen LogP contribution is -2.39. The first-order valence-corrected chi connectivity index (χ1v) is 8.96. The van der Waals surface area contributed by atoms with Crippen molar-refractivity contribution in [3.05, 3.63) is 35.9 Å². The second-order valence-corrected chi connectivity index (χ2v) is 6.89. The van der Waals surface area contributed by atoms with Crippen molar-refractivity contribution in [1.82, 2.24) is 15.5 Å². The number of nitrogens with zero attached hydrogens (tertiary/aromatic N) is 1. The summed E-state index contributed by atoms with van der Waals surface area (Å²) in [6, 6.07) is 9.80. The zero-order chi connectivity index (χ0) is 17.8. The van der Waals surface area contributed by atoms with Crippen LogP contribution in [0, 0.1) is 11.8 Å². The van der Waals surface area contributed by atoms with Gasteiger partial charge in [-0.25, -0.2) is 0 Å². The molecule has 1 heterocycles. The van der Waals surface area contributed by atoms with E-state index in [4.69, 9.17) is 0 Å². The zero-order valence-corrected chi connectivity index (χ0v) is 14.5. The van der Waals surface area contributed by atoms with E-state index in [0.29, 0.717) is 19.6 Å². The average molecular weight is 343 g/mol. The van der Waals surface area contributed by atoms with Gasteiger partial charge in [-0.1, -0.05) is 30.3 Å². The third-order valence-corrected chi connectivity index (χ3v) is 4.95. The van der Waals surface area contributed by atoms with Crippen molar-refractivity contribution in [1.29, 1.82) is 0 Å². The van der Waals surface area contributed by atoms with Crippen LogP contribution in [0.2, 0.25) is 0 Å². The van der Waals surface area contributed by atoms with Crippen LogP contribution in [-0.2, 0) is 14.4 Å². The highest BCUT2D eigenvalue weighted by Gasteiger charge is 2.36. The summed E-state index contributed by atoms with van der Waals surface area (Å²) in [6.07, 6.45) is 2.19. The van der Waals surface area contributed by atoms with Crippen molar-refractivity contribution < 1.29 is 14.4 Å². The van der Waals surface area contributed by atoms with Gasteiger partial charge in [-0.3, -0.25) is 14.4 Å². The number of likely N-dealkylation sites (tertiary alicyclic amines) is 1. The lowest BCUT2D eigenvalue weighted by atomic mass is 10.1. The first-order chi connectivity index (χ1) is 12.1. The summed E-state index contributed by atoms with van der Waals surface area (Å²) in [5.74, 6) is -0.169. The van der Waals surface area contributed by atoms with E-state index in [0.717, 1.165) is 18.4 Å². The van der Waals surface area contributed by atoms with Gasteiger partial charge in [-0.15, -0.1) is 0 Å². The molecule has 3 amide bonds. The van der Waals surface area contributed by atoms with Crippen LogP contribution in [0.5, 0.6) is 0 Å². The van der Waals surface area contributed by atoms with Crippen molar-refractivity contribution >= 4 is 17.7 Å². The van der Waals surface area contributed by atoms with Crippen molar-refractivity contribution in [2.45, 2.75) is 32.2 Å². The first-order valence-electron chi connectivity index (χ1n) is 8.96. The van der Waals surface area contributed by atoms with Gasteiger partial charge in [0.05, 0.1) is 12.0 Å². The molecule has 1 saturated carbocycles. The number of hydrogen-bond acceptors (Lipinski definition) is 3.